The highest BCUT2D eigenvalue weighted by molar-refractivity contribution is 5.65. The molecule has 106 valence electrons. The van der Waals surface area contributed by atoms with Crippen LogP contribution in [0.2, 0.25) is 0 Å². The second-order valence-corrected chi connectivity index (χ2v) is 4.86. The van der Waals surface area contributed by atoms with E-state index in [0.29, 0.717) is 12.3 Å². The Labute approximate surface area is 123 Å². The Kier molecular flexibility index (Phi) is 4.03. The lowest BCUT2D eigenvalue weighted by Gasteiger charge is -2.11. The molecule has 2 aromatic carbocycles. The predicted molar refractivity (Wildman–Crippen MR) is 84.0 cm³/mol. The molecule has 0 saturated heterocycles. The molecule has 3 heteroatoms. The molecular weight excluding hydrogens is 262 g/mol. The van der Waals surface area contributed by atoms with Gasteiger partial charge in [-0.05, 0) is 35.4 Å². The van der Waals surface area contributed by atoms with Gasteiger partial charge in [-0.2, -0.15) is 0 Å². The summed E-state index contributed by atoms with van der Waals surface area (Å²) < 4.78 is 5.17. The SMILES string of the molecule is OC(CNc1ccc(-c2ccccc2)cc1)c1ccco1. The molecule has 0 amide bonds. The van der Waals surface area contributed by atoms with Gasteiger partial charge in [0.25, 0.3) is 0 Å². The molecule has 1 unspecified atom stereocenters. The number of hydrogen-bond donors (Lipinski definition) is 2. The van der Waals surface area contributed by atoms with Crippen LogP contribution in [-0.4, -0.2) is 11.7 Å². The molecule has 21 heavy (non-hydrogen) atoms. The van der Waals surface area contributed by atoms with Gasteiger partial charge in [-0.1, -0.05) is 42.5 Å². The number of aliphatic hydroxyl groups excluding tert-OH is 1. The maximum Gasteiger partial charge on any atom is 0.134 e. The van der Waals surface area contributed by atoms with E-state index in [-0.39, 0.29) is 0 Å². The Hall–Kier alpha value is -2.52. The first-order chi connectivity index (χ1) is 10.3. The minimum atomic E-state index is -0.645. The van der Waals surface area contributed by atoms with E-state index in [1.165, 1.54) is 11.1 Å². The third kappa shape index (κ3) is 3.33. The third-order valence-electron chi connectivity index (χ3n) is 3.36. The first kappa shape index (κ1) is 13.5. The van der Waals surface area contributed by atoms with Crippen LogP contribution in [0.3, 0.4) is 0 Å². The Balaban J connectivity index is 1.62. The van der Waals surface area contributed by atoms with E-state index in [9.17, 15) is 5.11 Å². The van der Waals surface area contributed by atoms with E-state index in [1.807, 2.05) is 30.3 Å². The van der Waals surface area contributed by atoms with Gasteiger partial charge in [0, 0.05) is 12.2 Å². The summed E-state index contributed by atoms with van der Waals surface area (Å²) >= 11 is 0. The fraction of sp³-hybridized carbons (Fsp3) is 0.111. The van der Waals surface area contributed by atoms with Crippen molar-refractivity contribution in [3.05, 3.63) is 78.8 Å². The van der Waals surface area contributed by atoms with Gasteiger partial charge in [-0.3, -0.25) is 0 Å². The molecule has 0 aliphatic rings. The lowest BCUT2D eigenvalue weighted by atomic mass is 10.1. The lowest BCUT2D eigenvalue weighted by Crippen LogP contribution is -2.11. The Morgan fingerprint density at radius 2 is 1.57 bits per heavy atom. The minimum absolute atomic E-state index is 0.415. The van der Waals surface area contributed by atoms with Crippen molar-refractivity contribution in [2.24, 2.45) is 0 Å². The molecule has 3 nitrogen and oxygen atoms in total. The average Bonchev–Trinajstić information content (AvgIpc) is 3.08. The number of hydrogen-bond acceptors (Lipinski definition) is 3. The van der Waals surface area contributed by atoms with Crippen LogP contribution in [0.25, 0.3) is 11.1 Å². The molecule has 0 aliphatic carbocycles. The van der Waals surface area contributed by atoms with Crippen molar-refractivity contribution >= 4 is 5.69 Å². The lowest BCUT2D eigenvalue weighted by molar-refractivity contribution is 0.162. The van der Waals surface area contributed by atoms with Gasteiger partial charge < -0.3 is 14.8 Å². The second-order valence-electron chi connectivity index (χ2n) is 4.86. The van der Waals surface area contributed by atoms with E-state index in [1.54, 1.807) is 18.4 Å². The van der Waals surface area contributed by atoms with Crippen molar-refractivity contribution in [1.82, 2.24) is 0 Å². The Bertz CT molecular complexity index is 660. The average molecular weight is 279 g/mol. The number of nitrogens with one attached hydrogen (secondary N) is 1. The zero-order valence-electron chi connectivity index (χ0n) is 11.6. The number of rotatable bonds is 5. The third-order valence-corrected chi connectivity index (χ3v) is 3.36. The summed E-state index contributed by atoms with van der Waals surface area (Å²) in [6, 6.07) is 21.9. The van der Waals surface area contributed by atoms with E-state index in [4.69, 9.17) is 4.42 Å². The van der Waals surface area contributed by atoms with Gasteiger partial charge in [-0.25, -0.2) is 0 Å². The van der Waals surface area contributed by atoms with Crippen LogP contribution in [0.1, 0.15) is 11.9 Å². The molecule has 0 bridgehead atoms. The van der Waals surface area contributed by atoms with E-state index >= 15 is 0 Å². The summed E-state index contributed by atoms with van der Waals surface area (Å²) in [5, 5.41) is 13.1. The predicted octanol–water partition coefficient (Wildman–Crippen LogP) is 4.09. The Morgan fingerprint density at radius 3 is 2.24 bits per heavy atom. The van der Waals surface area contributed by atoms with Crippen molar-refractivity contribution in [2.75, 3.05) is 11.9 Å². The van der Waals surface area contributed by atoms with Crippen LogP contribution in [0.15, 0.2) is 77.4 Å². The summed E-state index contributed by atoms with van der Waals surface area (Å²) in [4.78, 5) is 0. The molecule has 0 spiro atoms. The first-order valence-electron chi connectivity index (χ1n) is 6.94. The monoisotopic (exact) mass is 279 g/mol. The number of aliphatic hydroxyl groups is 1. The van der Waals surface area contributed by atoms with Crippen molar-refractivity contribution in [2.45, 2.75) is 6.10 Å². The quantitative estimate of drug-likeness (QED) is 0.739. The van der Waals surface area contributed by atoms with Gasteiger partial charge in [0.05, 0.1) is 6.26 Å². The standard InChI is InChI=1S/C18H17NO2/c20-17(18-7-4-12-21-18)13-19-16-10-8-15(9-11-16)14-5-2-1-3-6-14/h1-12,17,19-20H,13H2. The maximum atomic E-state index is 9.95. The topological polar surface area (TPSA) is 45.4 Å². The van der Waals surface area contributed by atoms with Crippen LogP contribution in [-0.2, 0) is 0 Å². The normalized spacial score (nSPS) is 12.0. The molecule has 3 aromatic rings. The fourth-order valence-electron chi connectivity index (χ4n) is 2.21. The fourth-order valence-corrected chi connectivity index (χ4v) is 2.21. The van der Waals surface area contributed by atoms with Gasteiger partial charge in [0.15, 0.2) is 0 Å². The van der Waals surface area contributed by atoms with Crippen LogP contribution in [0.5, 0.6) is 0 Å². The Morgan fingerprint density at radius 1 is 0.857 bits per heavy atom. The van der Waals surface area contributed by atoms with Gasteiger partial charge in [0.1, 0.15) is 11.9 Å². The van der Waals surface area contributed by atoms with Crippen molar-refractivity contribution < 1.29 is 9.52 Å². The van der Waals surface area contributed by atoms with E-state index in [2.05, 4.69) is 29.6 Å². The van der Waals surface area contributed by atoms with Crippen LogP contribution in [0, 0.1) is 0 Å². The van der Waals surface area contributed by atoms with Crippen LogP contribution in [0.4, 0.5) is 5.69 Å². The number of anilines is 1. The van der Waals surface area contributed by atoms with E-state index in [0.717, 1.165) is 5.69 Å². The molecule has 0 radical (unpaired) electrons. The largest absolute Gasteiger partial charge is 0.467 e. The highest BCUT2D eigenvalue weighted by atomic mass is 16.4. The minimum Gasteiger partial charge on any atom is -0.467 e. The molecule has 1 heterocycles. The zero-order valence-corrected chi connectivity index (χ0v) is 11.6. The number of benzene rings is 2. The summed E-state index contributed by atoms with van der Waals surface area (Å²) in [5.74, 6) is 0.573. The molecular formula is C18H17NO2. The van der Waals surface area contributed by atoms with Gasteiger partial charge >= 0.3 is 0 Å². The van der Waals surface area contributed by atoms with Crippen LogP contribution < -0.4 is 5.32 Å². The molecule has 1 atom stereocenters. The van der Waals surface area contributed by atoms with Crippen molar-refractivity contribution in [3.63, 3.8) is 0 Å². The summed E-state index contributed by atoms with van der Waals surface area (Å²) in [6.07, 6.45) is 0.918. The molecule has 2 N–H and O–H groups in total. The molecule has 0 aliphatic heterocycles. The maximum absolute atomic E-state index is 9.95. The van der Waals surface area contributed by atoms with Crippen molar-refractivity contribution in [1.29, 1.82) is 0 Å². The summed E-state index contributed by atoms with van der Waals surface area (Å²) in [7, 11) is 0. The highest BCUT2D eigenvalue weighted by Gasteiger charge is 2.09. The van der Waals surface area contributed by atoms with Gasteiger partial charge in [-0.15, -0.1) is 0 Å². The highest BCUT2D eigenvalue weighted by Crippen LogP contribution is 2.21. The second kappa shape index (κ2) is 6.29. The van der Waals surface area contributed by atoms with Crippen molar-refractivity contribution in [3.8, 4) is 11.1 Å². The summed E-state index contributed by atoms with van der Waals surface area (Å²) in [6.45, 7) is 0.415. The molecule has 0 saturated carbocycles. The molecule has 1 aromatic heterocycles. The smallest absolute Gasteiger partial charge is 0.134 e. The van der Waals surface area contributed by atoms with Gasteiger partial charge in [0.2, 0.25) is 0 Å². The van der Waals surface area contributed by atoms with E-state index < -0.39 is 6.10 Å². The molecule has 3 rings (SSSR count). The van der Waals surface area contributed by atoms with Crippen LogP contribution >= 0.6 is 0 Å². The molecule has 0 fully saturated rings. The zero-order chi connectivity index (χ0) is 14.5. The summed E-state index contributed by atoms with van der Waals surface area (Å²) in [5.41, 5.74) is 3.34. The first-order valence-corrected chi connectivity index (χ1v) is 6.94. The number of furan rings is 1.